The van der Waals surface area contributed by atoms with E-state index in [9.17, 15) is 5.11 Å². The monoisotopic (exact) mass is 300 g/mol. The van der Waals surface area contributed by atoms with Crippen LogP contribution >= 0.6 is 0 Å². The number of benzene rings is 2. The molecule has 0 aliphatic carbocycles. The summed E-state index contributed by atoms with van der Waals surface area (Å²) in [4.78, 5) is 0. The summed E-state index contributed by atoms with van der Waals surface area (Å²) >= 11 is 0. The van der Waals surface area contributed by atoms with Gasteiger partial charge in [0.25, 0.3) is 0 Å². The maximum absolute atomic E-state index is 9.52. The zero-order valence-electron chi connectivity index (χ0n) is 13.7. The molecule has 1 atom stereocenters. The van der Waals surface area contributed by atoms with Gasteiger partial charge in [-0.25, -0.2) is 0 Å². The molecule has 1 unspecified atom stereocenters. The highest BCUT2D eigenvalue weighted by Crippen LogP contribution is 2.22. The minimum absolute atomic E-state index is 0.0851. The van der Waals surface area contributed by atoms with Gasteiger partial charge in [0, 0.05) is 0 Å². The van der Waals surface area contributed by atoms with Crippen LogP contribution in [0.3, 0.4) is 0 Å². The second-order valence-corrected chi connectivity index (χ2v) is 5.77. The first kappa shape index (κ1) is 16.4. The van der Waals surface area contributed by atoms with Gasteiger partial charge < -0.3 is 14.6 Å². The summed E-state index contributed by atoms with van der Waals surface area (Å²) in [6.07, 6.45) is -0.387. The van der Waals surface area contributed by atoms with E-state index >= 15 is 0 Å². The zero-order chi connectivity index (χ0) is 16.1. The minimum atomic E-state index is -0.387. The van der Waals surface area contributed by atoms with Crippen molar-refractivity contribution in [1.82, 2.24) is 0 Å². The van der Waals surface area contributed by atoms with Crippen molar-refractivity contribution < 1.29 is 14.6 Å². The molecule has 3 heteroatoms. The van der Waals surface area contributed by atoms with Crippen LogP contribution in [0.25, 0.3) is 0 Å². The van der Waals surface area contributed by atoms with Gasteiger partial charge in [0.1, 0.15) is 18.1 Å². The predicted octanol–water partition coefficient (Wildman–Crippen LogP) is 3.74. The van der Waals surface area contributed by atoms with E-state index in [1.54, 1.807) is 0 Å². The first-order chi connectivity index (χ1) is 10.5. The Kier molecular flexibility index (Phi) is 5.45. The van der Waals surface area contributed by atoms with Crippen LogP contribution in [0.1, 0.15) is 22.3 Å². The van der Waals surface area contributed by atoms with Crippen LogP contribution in [-0.4, -0.2) is 24.4 Å². The van der Waals surface area contributed by atoms with Crippen molar-refractivity contribution in [2.75, 3.05) is 13.2 Å². The lowest BCUT2D eigenvalue weighted by molar-refractivity contribution is 0.0710. The van der Waals surface area contributed by atoms with E-state index in [0.717, 1.165) is 22.6 Å². The fourth-order valence-corrected chi connectivity index (χ4v) is 2.38. The maximum Gasteiger partial charge on any atom is 0.155 e. The van der Waals surface area contributed by atoms with Crippen molar-refractivity contribution >= 4 is 0 Å². The fraction of sp³-hybridized carbons (Fsp3) is 0.368. The molecule has 2 rings (SSSR count). The molecule has 2 aromatic rings. The Labute approximate surface area is 132 Å². The lowest BCUT2D eigenvalue weighted by Crippen LogP contribution is -2.29. The van der Waals surface area contributed by atoms with Crippen molar-refractivity contribution in [2.45, 2.75) is 33.8 Å². The molecule has 0 aliphatic rings. The van der Waals surface area contributed by atoms with Gasteiger partial charge in [-0.1, -0.05) is 35.4 Å². The number of rotatable bonds is 6. The van der Waals surface area contributed by atoms with Gasteiger partial charge in [0.15, 0.2) is 6.10 Å². The first-order valence-corrected chi connectivity index (χ1v) is 7.54. The summed E-state index contributed by atoms with van der Waals surface area (Å²) in [6, 6.07) is 12.0. The molecule has 0 amide bonds. The summed E-state index contributed by atoms with van der Waals surface area (Å²) in [7, 11) is 0. The molecule has 0 bridgehead atoms. The van der Waals surface area contributed by atoms with Crippen LogP contribution in [0, 0.1) is 27.7 Å². The van der Waals surface area contributed by atoms with Gasteiger partial charge >= 0.3 is 0 Å². The lowest BCUT2D eigenvalue weighted by Gasteiger charge is -2.20. The van der Waals surface area contributed by atoms with E-state index in [4.69, 9.17) is 9.47 Å². The predicted molar refractivity (Wildman–Crippen MR) is 88.8 cm³/mol. The molecular weight excluding hydrogens is 276 g/mol. The van der Waals surface area contributed by atoms with E-state index in [-0.39, 0.29) is 12.7 Å². The molecule has 1 N–H and O–H groups in total. The third-order valence-corrected chi connectivity index (χ3v) is 3.58. The molecule has 0 aromatic heterocycles. The van der Waals surface area contributed by atoms with Crippen molar-refractivity contribution in [3.05, 3.63) is 58.7 Å². The number of hydrogen-bond acceptors (Lipinski definition) is 3. The zero-order valence-corrected chi connectivity index (χ0v) is 13.7. The fourth-order valence-electron chi connectivity index (χ4n) is 2.38. The third kappa shape index (κ3) is 4.25. The van der Waals surface area contributed by atoms with E-state index < -0.39 is 0 Å². The quantitative estimate of drug-likeness (QED) is 0.883. The van der Waals surface area contributed by atoms with Crippen LogP contribution in [0.2, 0.25) is 0 Å². The van der Waals surface area contributed by atoms with Gasteiger partial charge in [-0.3, -0.25) is 0 Å². The van der Waals surface area contributed by atoms with Gasteiger partial charge in [-0.2, -0.15) is 0 Å². The topological polar surface area (TPSA) is 38.7 Å². The van der Waals surface area contributed by atoms with Crippen molar-refractivity contribution in [3.8, 4) is 11.5 Å². The Bertz CT molecular complexity index is 635. The largest absolute Gasteiger partial charge is 0.489 e. The number of hydrogen-bond donors (Lipinski definition) is 1. The molecule has 2 aromatic carbocycles. The van der Waals surface area contributed by atoms with Crippen molar-refractivity contribution in [1.29, 1.82) is 0 Å². The van der Waals surface area contributed by atoms with Gasteiger partial charge in [0.05, 0.1) is 6.61 Å². The molecule has 0 aliphatic heterocycles. The highest BCUT2D eigenvalue weighted by molar-refractivity contribution is 5.36. The first-order valence-electron chi connectivity index (χ1n) is 7.54. The Balaban J connectivity index is 2.00. The van der Waals surface area contributed by atoms with E-state index in [2.05, 4.69) is 19.1 Å². The highest BCUT2D eigenvalue weighted by Gasteiger charge is 2.13. The van der Waals surface area contributed by atoms with E-state index in [1.807, 2.05) is 45.0 Å². The van der Waals surface area contributed by atoms with Gasteiger partial charge in [-0.05, 0) is 51.0 Å². The van der Waals surface area contributed by atoms with Crippen LogP contribution in [-0.2, 0) is 0 Å². The number of aryl methyl sites for hydroxylation is 4. The summed E-state index contributed by atoms with van der Waals surface area (Å²) < 4.78 is 11.7. The van der Waals surface area contributed by atoms with Gasteiger partial charge in [0.2, 0.25) is 0 Å². The van der Waals surface area contributed by atoms with Crippen LogP contribution in [0.15, 0.2) is 36.4 Å². The summed E-state index contributed by atoms with van der Waals surface area (Å²) in [5.41, 5.74) is 4.54. The summed E-state index contributed by atoms with van der Waals surface area (Å²) in [6.45, 7) is 8.34. The average Bonchev–Trinajstić information content (AvgIpc) is 2.47. The van der Waals surface area contributed by atoms with Crippen molar-refractivity contribution in [3.63, 3.8) is 0 Å². The molecule has 0 radical (unpaired) electrons. The molecule has 0 fully saturated rings. The second-order valence-electron chi connectivity index (χ2n) is 5.77. The Hall–Kier alpha value is -2.00. The van der Waals surface area contributed by atoms with Crippen LogP contribution in [0.5, 0.6) is 11.5 Å². The minimum Gasteiger partial charge on any atom is -0.489 e. The average molecular weight is 300 g/mol. The molecule has 0 spiro atoms. The molecule has 22 heavy (non-hydrogen) atoms. The van der Waals surface area contributed by atoms with Crippen LogP contribution in [0.4, 0.5) is 0 Å². The standard InChI is InChI=1S/C19H24O3/c1-13-5-7-18(15(3)9-13)21-12-17(11-20)22-19-8-6-14(2)10-16(19)4/h5-10,17,20H,11-12H2,1-4H3. The molecular formula is C19H24O3. The molecule has 118 valence electrons. The summed E-state index contributed by atoms with van der Waals surface area (Å²) in [5.74, 6) is 1.61. The van der Waals surface area contributed by atoms with Crippen molar-refractivity contribution in [2.24, 2.45) is 0 Å². The number of aliphatic hydroxyl groups is 1. The van der Waals surface area contributed by atoms with E-state index in [1.165, 1.54) is 11.1 Å². The Morgan fingerprint density at radius 2 is 1.41 bits per heavy atom. The lowest BCUT2D eigenvalue weighted by atomic mass is 10.1. The molecule has 0 saturated heterocycles. The Morgan fingerprint density at radius 1 is 0.864 bits per heavy atom. The molecule has 3 nitrogen and oxygen atoms in total. The SMILES string of the molecule is Cc1ccc(OCC(CO)Oc2ccc(C)cc2C)c(C)c1. The second kappa shape index (κ2) is 7.32. The number of ether oxygens (including phenoxy) is 2. The number of aliphatic hydroxyl groups excluding tert-OH is 1. The Morgan fingerprint density at radius 3 is 1.91 bits per heavy atom. The maximum atomic E-state index is 9.52. The third-order valence-electron chi connectivity index (χ3n) is 3.58. The normalized spacial score (nSPS) is 12.0. The van der Waals surface area contributed by atoms with Gasteiger partial charge in [-0.15, -0.1) is 0 Å². The summed E-state index contributed by atoms with van der Waals surface area (Å²) in [5, 5.41) is 9.52. The highest BCUT2D eigenvalue weighted by atomic mass is 16.5. The smallest absolute Gasteiger partial charge is 0.155 e. The van der Waals surface area contributed by atoms with E-state index in [0.29, 0.717) is 6.61 Å². The molecule has 0 heterocycles. The molecule has 0 saturated carbocycles. The van der Waals surface area contributed by atoms with Crippen LogP contribution < -0.4 is 9.47 Å².